The maximum atomic E-state index is 12.3. The smallest absolute Gasteiger partial charge is 0.161 e. The highest BCUT2D eigenvalue weighted by Crippen LogP contribution is 2.60. The minimum atomic E-state index is -0.278. The molecule has 2 nitrogen and oxygen atoms in total. The van der Waals surface area contributed by atoms with Gasteiger partial charge in [-0.1, -0.05) is 32.9 Å². The van der Waals surface area contributed by atoms with Gasteiger partial charge in [0, 0.05) is 11.3 Å². The lowest BCUT2D eigenvalue weighted by molar-refractivity contribution is -0.124. The molecule has 4 aliphatic rings. The van der Waals surface area contributed by atoms with Gasteiger partial charge in [0.05, 0.1) is 0 Å². The van der Waals surface area contributed by atoms with Gasteiger partial charge in [-0.2, -0.15) is 0 Å². The van der Waals surface area contributed by atoms with Crippen LogP contribution in [0.5, 0.6) is 0 Å². The molecule has 0 aromatic heterocycles. The topological polar surface area (TPSA) is 34.1 Å². The van der Waals surface area contributed by atoms with E-state index in [1.807, 2.05) is 6.08 Å². The van der Waals surface area contributed by atoms with Crippen molar-refractivity contribution in [3.8, 4) is 0 Å². The molecule has 0 unspecified atom stereocenters. The van der Waals surface area contributed by atoms with E-state index in [-0.39, 0.29) is 22.5 Å². The van der Waals surface area contributed by atoms with Crippen molar-refractivity contribution in [2.75, 3.05) is 0 Å². The zero-order valence-corrected chi connectivity index (χ0v) is 15.3. The SMILES string of the molecule is CC(=O)[C@H]1CC[C@H]2[C@@H]3CCC4=CC(=O)C(C)(C)CC4=C3C=C[C@]12C. The third-order valence-corrected chi connectivity index (χ3v) is 7.37. The van der Waals surface area contributed by atoms with Crippen LogP contribution in [0.2, 0.25) is 0 Å². The van der Waals surface area contributed by atoms with Gasteiger partial charge < -0.3 is 0 Å². The summed E-state index contributed by atoms with van der Waals surface area (Å²) < 4.78 is 0. The lowest BCUT2D eigenvalue weighted by Gasteiger charge is -2.46. The number of carbonyl (C=O) groups is 2. The molecule has 0 aromatic rings. The Morgan fingerprint density at radius 2 is 1.92 bits per heavy atom. The zero-order chi connectivity index (χ0) is 17.3. The monoisotopic (exact) mass is 324 g/mol. The van der Waals surface area contributed by atoms with Crippen LogP contribution in [0.15, 0.2) is 34.9 Å². The Kier molecular flexibility index (Phi) is 3.37. The molecule has 128 valence electrons. The number of allylic oxidation sites excluding steroid dienone is 6. The molecule has 0 spiro atoms. The molecule has 2 heteroatoms. The first kappa shape index (κ1) is 16.1. The largest absolute Gasteiger partial charge is 0.300 e. The second kappa shape index (κ2) is 5.03. The van der Waals surface area contributed by atoms with Crippen molar-refractivity contribution in [3.05, 3.63) is 34.9 Å². The minimum absolute atomic E-state index is 0.0295. The van der Waals surface area contributed by atoms with Gasteiger partial charge in [0.25, 0.3) is 0 Å². The zero-order valence-electron chi connectivity index (χ0n) is 15.3. The summed E-state index contributed by atoms with van der Waals surface area (Å²) in [7, 11) is 0. The van der Waals surface area contributed by atoms with Crippen molar-refractivity contribution >= 4 is 11.6 Å². The van der Waals surface area contributed by atoms with Crippen molar-refractivity contribution in [3.63, 3.8) is 0 Å². The number of carbonyl (C=O) groups excluding carboxylic acids is 2. The number of hydrogen-bond donors (Lipinski definition) is 0. The molecule has 1 saturated carbocycles. The predicted octanol–water partition coefficient (Wildman–Crippen LogP) is 4.81. The van der Waals surface area contributed by atoms with E-state index in [0.29, 0.717) is 17.6 Å². The van der Waals surface area contributed by atoms with Crippen molar-refractivity contribution in [1.29, 1.82) is 0 Å². The molecule has 0 bridgehead atoms. The van der Waals surface area contributed by atoms with E-state index >= 15 is 0 Å². The summed E-state index contributed by atoms with van der Waals surface area (Å²) in [6.07, 6.45) is 11.8. The fourth-order valence-electron chi connectivity index (χ4n) is 5.94. The maximum absolute atomic E-state index is 12.3. The Bertz CT molecular complexity index is 718. The average molecular weight is 324 g/mol. The highest BCUT2D eigenvalue weighted by molar-refractivity contribution is 5.97. The second-order valence-electron chi connectivity index (χ2n) is 9.22. The van der Waals surface area contributed by atoms with Crippen LogP contribution >= 0.6 is 0 Å². The number of ketones is 2. The molecule has 24 heavy (non-hydrogen) atoms. The Morgan fingerprint density at radius 3 is 2.62 bits per heavy atom. The maximum Gasteiger partial charge on any atom is 0.161 e. The van der Waals surface area contributed by atoms with E-state index in [2.05, 4.69) is 32.9 Å². The van der Waals surface area contributed by atoms with Crippen LogP contribution in [-0.4, -0.2) is 11.6 Å². The minimum Gasteiger partial charge on any atom is -0.300 e. The summed E-state index contributed by atoms with van der Waals surface area (Å²) >= 11 is 0. The number of fused-ring (bicyclic) bond motifs is 4. The standard InChI is InChI=1S/C22H28O2/c1-13(23)18-7-8-19-16-6-5-14-11-20(24)21(2,3)12-17(14)15(16)9-10-22(18,19)4/h9-11,16,18-19H,5-8,12H2,1-4H3/t16-,18-,19+,22-/m1/s1. The van der Waals surface area contributed by atoms with Gasteiger partial charge in [0.1, 0.15) is 5.78 Å². The number of hydrogen-bond acceptors (Lipinski definition) is 2. The van der Waals surface area contributed by atoms with Crippen LogP contribution in [0.3, 0.4) is 0 Å². The molecule has 0 radical (unpaired) electrons. The van der Waals surface area contributed by atoms with Gasteiger partial charge in [-0.25, -0.2) is 0 Å². The van der Waals surface area contributed by atoms with E-state index in [9.17, 15) is 9.59 Å². The fourth-order valence-corrected chi connectivity index (χ4v) is 5.94. The summed E-state index contributed by atoms with van der Waals surface area (Å²) in [5, 5.41) is 0. The third kappa shape index (κ3) is 2.08. The molecule has 0 heterocycles. The third-order valence-electron chi connectivity index (χ3n) is 7.37. The van der Waals surface area contributed by atoms with Crippen molar-refractivity contribution in [2.24, 2.45) is 28.6 Å². The van der Waals surface area contributed by atoms with Gasteiger partial charge >= 0.3 is 0 Å². The summed E-state index contributed by atoms with van der Waals surface area (Å²) in [6.45, 7) is 8.20. The van der Waals surface area contributed by atoms with Crippen LogP contribution < -0.4 is 0 Å². The molecular formula is C22H28O2. The summed E-state index contributed by atoms with van der Waals surface area (Å²) in [5.41, 5.74) is 3.93. The first-order valence-electron chi connectivity index (χ1n) is 9.42. The lowest BCUT2D eigenvalue weighted by Crippen LogP contribution is -2.39. The van der Waals surface area contributed by atoms with Crippen LogP contribution in [0, 0.1) is 28.6 Å². The predicted molar refractivity (Wildman–Crippen MR) is 95.4 cm³/mol. The Hall–Kier alpha value is -1.44. The van der Waals surface area contributed by atoms with E-state index < -0.39 is 0 Å². The average Bonchev–Trinajstić information content (AvgIpc) is 2.85. The van der Waals surface area contributed by atoms with Gasteiger partial charge in [-0.05, 0) is 79.1 Å². The first-order valence-corrected chi connectivity index (χ1v) is 9.42. The molecule has 0 saturated heterocycles. The van der Waals surface area contributed by atoms with Gasteiger partial charge in [-0.3, -0.25) is 9.59 Å². The van der Waals surface area contributed by atoms with Crippen LogP contribution in [0.4, 0.5) is 0 Å². The van der Waals surface area contributed by atoms with Crippen molar-refractivity contribution in [1.82, 2.24) is 0 Å². The van der Waals surface area contributed by atoms with Gasteiger partial charge in [0.2, 0.25) is 0 Å². The molecule has 4 atom stereocenters. The number of Topliss-reactive ketones (excluding diaryl/α,β-unsaturated/α-hetero) is 1. The second-order valence-corrected chi connectivity index (χ2v) is 9.22. The molecule has 0 amide bonds. The van der Waals surface area contributed by atoms with E-state index in [0.717, 1.165) is 32.1 Å². The highest BCUT2D eigenvalue weighted by atomic mass is 16.1. The molecule has 0 aliphatic heterocycles. The molecule has 4 rings (SSSR count). The molecule has 0 N–H and O–H groups in total. The highest BCUT2D eigenvalue weighted by Gasteiger charge is 2.53. The van der Waals surface area contributed by atoms with E-state index in [1.54, 1.807) is 6.92 Å². The normalized spacial score (nSPS) is 39.9. The van der Waals surface area contributed by atoms with Gasteiger partial charge in [0.15, 0.2) is 5.78 Å². The van der Waals surface area contributed by atoms with Crippen LogP contribution in [-0.2, 0) is 9.59 Å². The quantitative estimate of drug-likeness (QED) is 0.693. The lowest BCUT2D eigenvalue weighted by atomic mass is 9.58. The van der Waals surface area contributed by atoms with E-state index in [1.165, 1.54) is 16.7 Å². The Labute approximate surface area is 145 Å². The van der Waals surface area contributed by atoms with Gasteiger partial charge in [-0.15, -0.1) is 0 Å². The Balaban J connectivity index is 1.81. The molecule has 4 aliphatic carbocycles. The first-order chi connectivity index (χ1) is 11.2. The molecular weight excluding hydrogens is 296 g/mol. The van der Waals surface area contributed by atoms with E-state index in [4.69, 9.17) is 0 Å². The summed E-state index contributed by atoms with van der Waals surface area (Å²) in [4.78, 5) is 24.5. The van der Waals surface area contributed by atoms with Crippen molar-refractivity contribution in [2.45, 2.75) is 59.8 Å². The molecule has 0 aromatic carbocycles. The van der Waals surface area contributed by atoms with Crippen LogP contribution in [0.1, 0.15) is 59.8 Å². The van der Waals surface area contributed by atoms with Crippen LogP contribution in [0.25, 0.3) is 0 Å². The Morgan fingerprint density at radius 1 is 1.17 bits per heavy atom. The number of rotatable bonds is 1. The fraction of sp³-hybridized carbons (Fsp3) is 0.636. The van der Waals surface area contributed by atoms with Crippen molar-refractivity contribution < 1.29 is 9.59 Å². The summed E-state index contributed by atoms with van der Waals surface area (Å²) in [6, 6.07) is 0. The molecule has 1 fully saturated rings. The summed E-state index contributed by atoms with van der Waals surface area (Å²) in [5.74, 6) is 1.97.